The summed E-state index contributed by atoms with van der Waals surface area (Å²) in [7, 11) is 0. The fraction of sp³-hybridized carbons (Fsp3) is 0.750. The number of hydrogen-bond donors (Lipinski definition) is 1. The monoisotopic (exact) mass is 241 g/mol. The van der Waals surface area contributed by atoms with Gasteiger partial charge >= 0.3 is 0 Å². The van der Waals surface area contributed by atoms with Crippen LogP contribution in [0, 0.1) is 0 Å². The van der Waals surface area contributed by atoms with E-state index >= 15 is 0 Å². The fourth-order valence-electron chi connectivity index (χ4n) is 1.54. The summed E-state index contributed by atoms with van der Waals surface area (Å²) in [6.45, 7) is 6.64. The number of thioether (sulfide) groups is 1. The number of aromatic nitrogens is 2. The van der Waals surface area contributed by atoms with Crippen molar-refractivity contribution in [2.24, 2.45) is 0 Å². The highest BCUT2D eigenvalue weighted by molar-refractivity contribution is 7.99. The quantitative estimate of drug-likeness (QED) is 0.673. The molecule has 0 fully saturated rings. The minimum Gasteiger partial charge on any atom is -0.337 e. The number of rotatable bonds is 9. The third-order valence-corrected chi connectivity index (χ3v) is 3.48. The number of aryl methyl sites for hydroxylation is 1. The Hall–Kier alpha value is -0.480. The highest BCUT2D eigenvalue weighted by Crippen LogP contribution is 2.03. The molecular weight excluding hydrogens is 218 g/mol. The van der Waals surface area contributed by atoms with E-state index < -0.39 is 0 Å². The predicted molar refractivity (Wildman–Crippen MR) is 71.9 cm³/mol. The Morgan fingerprint density at radius 2 is 2.38 bits per heavy atom. The smallest absolute Gasteiger partial charge is 0.0945 e. The van der Waals surface area contributed by atoms with E-state index in [0.29, 0.717) is 6.04 Å². The predicted octanol–water partition coefficient (Wildman–Crippen LogP) is 2.39. The van der Waals surface area contributed by atoms with Gasteiger partial charge in [0.15, 0.2) is 0 Å². The molecule has 0 aliphatic rings. The first-order valence-electron chi connectivity index (χ1n) is 6.09. The summed E-state index contributed by atoms with van der Waals surface area (Å²) < 4.78 is 2.12. The summed E-state index contributed by atoms with van der Waals surface area (Å²) in [5.41, 5.74) is 0. The van der Waals surface area contributed by atoms with Crippen molar-refractivity contribution in [3.8, 4) is 0 Å². The first-order chi connectivity index (χ1) is 7.83. The van der Waals surface area contributed by atoms with E-state index in [2.05, 4.69) is 28.7 Å². The van der Waals surface area contributed by atoms with Gasteiger partial charge in [-0.2, -0.15) is 11.8 Å². The van der Waals surface area contributed by atoms with Crippen molar-refractivity contribution in [1.29, 1.82) is 0 Å². The van der Waals surface area contributed by atoms with Crippen LogP contribution in [-0.4, -0.2) is 33.6 Å². The van der Waals surface area contributed by atoms with Crippen molar-refractivity contribution in [1.82, 2.24) is 14.9 Å². The zero-order valence-corrected chi connectivity index (χ0v) is 11.2. The van der Waals surface area contributed by atoms with Gasteiger partial charge in [0.25, 0.3) is 0 Å². The second-order valence-corrected chi connectivity index (χ2v) is 5.39. The molecule has 0 aromatic carbocycles. The lowest BCUT2D eigenvalue weighted by molar-refractivity contribution is 0.505. The Balaban J connectivity index is 1.94. The summed E-state index contributed by atoms with van der Waals surface area (Å²) in [5.74, 6) is 2.50. The highest BCUT2D eigenvalue weighted by atomic mass is 32.2. The maximum atomic E-state index is 4.03. The molecule has 16 heavy (non-hydrogen) atoms. The fourth-order valence-corrected chi connectivity index (χ4v) is 2.34. The summed E-state index contributed by atoms with van der Waals surface area (Å²) >= 11 is 2.02. The molecule has 0 radical (unpaired) electrons. The maximum absolute atomic E-state index is 4.03. The maximum Gasteiger partial charge on any atom is 0.0945 e. The molecule has 1 N–H and O–H groups in total. The third-order valence-electron chi connectivity index (χ3n) is 2.54. The first-order valence-corrected chi connectivity index (χ1v) is 7.25. The molecule has 3 nitrogen and oxygen atoms in total. The van der Waals surface area contributed by atoms with E-state index in [9.17, 15) is 0 Å². The van der Waals surface area contributed by atoms with Gasteiger partial charge in [0, 0.05) is 25.0 Å². The van der Waals surface area contributed by atoms with Crippen LogP contribution in [0.5, 0.6) is 0 Å². The lowest BCUT2D eigenvalue weighted by Crippen LogP contribution is -2.28. The van der Waals surface area contributed by atoms with Crippen LogP contribution >= 0.6 is 11.8 Å². The van der Waals surface area contributed by atoms with Crippen molar-refractivity contribution in [3.05, 3.63) is 18.7 Å². The van der Waals surface area contributed by atoms with Crippen LogP contribution in [0.25, 0.3) is 0 Å². The second kappa shape index (κ2) is 8.65. The van der Waals surface area contributed by atoms with Crippen LogP contribution in [0.3, 0.4) is 0 Å². The lowest BCUT2D eigenvalue weighted by Gasteiger charge is -2.13. The van der Waals surface area contributed by atoms with Gasteiger partial charge in [0.05, 0.1) is 6.33 Å². The van der Waals surface area contributed by atoms with Gasteiger partial charge in [-0.1, -0.05) is 6.92 Å². The van der Waals surface area contributed by atoms with E-state index in [0.717, 1.165) is 13.1 Å². The number of nitrogens with zero attached hydrogens (tertiary/aromatic N) is 2. The molecule has 0 saturated carbocycles. The molecule has 0 aliphatic carbocycles. The summed E-state index contributed by atoms with van der Waals surface area (Å²) in [4.78, 5) is 4.03. The van der Waals surface area contributed by atoms with Crippen molar-refractivity contribution in [2.75, 3.05) is 18.1 Å². The average molecular weight is 241 g/mol. The first kappa shape index (κ1) is 13.6. The van der Waals surface area contributed by atoms with Crippen LogP contribution < -0.4 is 5.32 Å². The van der Waals surface area contributed by atoms with E-state index in [4.69, 9.17) is 0 Å². The molecule has 0 spiro atoms. The Morgan fingerprint density at radius 3 is 3.06 bits per heavy atom. The van der Waals surface area contributed by atoms with E-state index in [1.54, 1.807) is 0 Å². The van der Waals surface area contributed by atoms with Gasteiger partial charge in [-0.15, -0.1) is 0 Å². The number of hydrogen-bond acceptors (Lipinski definition) is 3. The normalized spacial score (nSPS) is 12.9. The molecule has 1 aromatic heterocycles. The third kappa shape index (κ3) is 6.18. The summed E-state index contributed by atoms with van der Waals surface area (Å²) in [6, 6.07) is 0.641. The van der Waals surface area contributed by atoms with Crippen molar-refractivity contribution in [3.63, 3.8) is 0 Å². The van der Waals surface area contributed by atoms with Gasteiger partial charge in [0.1, 0.15) is 0 Å². The van der Waals surface area contributed by atoms with Gasteiger partial charge in [-0.05, 0) is 37.8 Å². The van der Waals surface area contributed by atoms with Crippen LogP contribution in [0.1, 0.15) is 26.7 Å². The molecule has 0 saturated heterocycles. The zero-order valence-electron chi connectivity index (χ0n) is 10.4. The van der Waals surface area contributed by atoms with E-state index in [1.165, 1.54) is 24.3 Å². The van der Waals surface area contributed by atoms with E-state index in [-0.39, 0.29) is 0 Å². The Bertz CT molecular complexity index is 249. The molecule has 1 heterocycles. The molecule has 0 bridgehead atoms. The standard InChI is InChI=1S/C12H23N3S/c1-3-16-10-5-12(2)14-6-4-8-15-9-7-13-11-15/h7,9,11-12,14H,3-6,8,10H2,1-2H3. The van der Waals surface area contributed by atoms with Gasteiger partial charge in [-0.3, -0.25) is 0 Å². The molecule has 4 heteroatoms. The Morgan fingerprint density at radius 1 is 1.50 bits per heavy atom. The highest BCUT2D eigenvalue weighted by Gasteiger charge is 2.00. The SMILES string of the molecule is CCSCCC(C)NCCCn1ccnc1. The molecule has 92 valence electrons. The minimum absolute atomic E-state index is 0.641. The van der Waals surface area contributed by atoms with Gasteiger partial charge in [-0.25, -0.2) is 4.98 Å². The van der Waals surface area contributed by atoms with Gasteiger partial charge in [0.2, 0.25) is 0 Å². The molecule has 1 unspecified atom stereocenters. The molecule has 1 atom stereocenters. The van der Waals surface area contributed by atoms with E-state index in [1.807, 2.05) is 30.5 Å². The van der Waals surface area contributed by atoms with Gasteiger partial charge < -0.3 is 9.88 Å². The molecular formula is C12H23N3S. The second-order valence-electron chi connectivity index (χ2n) is 3.99. The van der Waals surface area contributed by atoms with Crippen LogP contribution in [0.15, 0.2) is 18.7 Å². The summed E-state index contributed by atoms with van der Waals surface area (Å²) in [6.07, 6.45) is 8.16. The topological polar surface area (TPSA) is 29.9 Å². The van der Waals surface area contributed by atoms with Crippen molar-refractivity contribution in [2.45, 2.75) is 39.3 Å². The Labute approximate surface area is 103 Å². The minimum atomic E-state index is 0.641. The van der Waals surface area contributed by atoms with Crippen molar-refractivity contribution >= 4 is 11.8 Å². The van der Waals surface area contributed by atoms with Crippen LogP contribution in [-0.2, 0) is 6.54 Å². The Kier molecular flexibility index (Phi) is 7.34. The van der Waals surface area contributed by atoms with Crippen molar-refractivity contribution < 1.29 is 0 Å². The largest absolute Gasteiger partial charge is 0.337 e. The zero-order chi connectivity index (χ0) is 11.6. The van der Waals surface area contributed by atoms with Crippen LogP contribution in [0.2, 0.25) is 0 Å². The molecule has 1 rings (SSSR count). The average Bonchev–Trinajstić information content (AvgIpc) is 2.78. The summed E-state index contributed by atoms with van der Waals surface area (Å²) in [5, 5.41) is 3.56. The molecule has 0 aliphatic heterocycles. The number of imidazole rings is 1. The molecule has 1 aromatic rings. The number of nitrogens with one attached hydrogen (secondary N) is 1. The lowest BCUT2D eigenvalue weighted by atomic mass is 10.2. The van der Waals surface area contributed by atoms with Crippen LogP contribution in [0.4, 0.5) is 0 Å². The molecule has 0 amide bonds.